The molecule has 7 heteroatoms. The molecule has 1 fully saturated rings. The first-order valence-corrected chi connectivity index (χ1v) is 12.6. The molecule has 182 valence electrons. The van der Waals surface area contributed by atoms with E-state index in [4.69, 9.17) is 11.6 Å². The second-order valence-electron chi connectivity index (χ2n) is 9.61. The second-order valence-corrected chi connectivity index (χ2v) is 10.0. The number of halogens is 1. The first kappa shape index (κ1) is 24.7. The zero-order valence-electron chi connectivity index (χ0n) is 20.5. The summed E-state index contributed by atoms with van der Waals surface area (Å²) >= 11 is 6.27. The maximum atomic E-state index is 13.3. The van der Waals surface area contributed by atoms with Crippen molar-refractivity contribution < 1.29 is 9.59 Å². The van der Waals surface area contributed by atoms with Crippen LogP contribution in [-0.2, 0) is 6.54 Å². The highest BCUT2D eigenvalue weighted by Gasteiger charge is 2.31. The van der Waals surface area contributed by atoms with Crippen LogP contribution < -0.4 is 4.90 Å². The number of anilines is 1. The molecule has 2 aliphatic heterocycles. The lowest BCUT2D eigenvalue weighted by atomic mass is 9.97. The Bertz CT molecular complexity index is 1040. The minimum Gasteiger partial charge on any atom is -0.338 e. The molecule has 0 atom stereocenters. The molecule has 2 aliphatic rings. The molecule has 0 N–H and O–H groups in total. The van der Waals surface area contributed by atoms with E-state index in [-0.39, 0.29) is 11.8 Å². The third kappa shape index (κ3) is 5.45. The molecule has 0 radical (unpaired) electrons. The maximum absolute atomic E-state index is 13.3. The number of hydrogen-bond acceptors (Lipinski definition) is 4. The maximum Gasteiger partial charge on any atom is 0.260 e. The Labute approximate surface area is 208 Å². The van der Waals surface area contributed by atoms with Crippen LogP contribution in [0.25, 0.3) is 0 Å². The van der Waals surface area contributed by atoms with Crippen LogP contribution >= 0.6 is 11.6 Å². The van der Waals surface area contributed by atoms with E-state index in [0.717, 1.165) is 30.3 Å². The van der Waals surface area contributed by atoms with E-state index >= 15 is 0 Å². The summed E-state index contributed by atoms with van der Waals surface area (Å²) in [5.74, 6) is 0.617. The molecule has 0 aromatic heterocycles. The lowest BCUT2D eigenvalue weighted by molar-refractivity contribution is 0.0743. The number of hydrogen-bond donors (Lipinski definition) is 0. The number of carbonyl (C=O) groups excluding carboxylic acids is 2. The van der Waals surface area contributed by atoms with Crippen LogP contribution in [0.4, 0.5) is 5.69 Å². The fourth-order valence-electron chi connectivity index (χ4n) is 4.99. The summed E-state index contributed by atoms with van der Waals surface area (Å²) in [7, 11) is 4.34. The van der Waals surface area contributed by atoms with Crippen LogP contribution in [0.1, 0.15) is 46.0 Å². The molecule has 2 amide bonds. The molecule has 2 heterocycles. The fourth-order valence-corrected chi connectivity index (χ4v) is 5.26. The zero-order chi connectivity index (χ0) is 24.2. The van der Waals surface area contributed by atoms with Crippen LogP contribution in [0, 0.1) is 5.92 Å². The molecule has 2 aromatic carbocycles. The van der Waals surface area contributed by atoms with Crippen LogP contribution in [0.15, 0.2) is 42.5 Å². The van der Waals surface area contributed by atoms with E-state index in [1.54, 1.807) is 11.0 Å². The van der Waals surface area contributed by atoms with Crippen molar-refractivity contribution in [2.24, 2.45) is 5.92 Å². The first-order valence-electron chi connectivity index (χ1n) is 12.2. The SMILES string of the molecule is CCN(CCN(C)CC1CCN(C)CC1)C(=O)c1cccc(N2Cc3cccc(Cl)c3C2=O)c1. The Hall–Kier alpha value is -2.41. The quantitative estimate of drug-likeness (QED) is 0.564. The lowest BCUT2D eigenvalue weighted by Crippen LogP contribution is -2.40. The van der Waals surface area contributed by atoms with E-state index in [1.165, 1.54) is 25.9 Å². The fraction of sp³-hybridized carbons (Fsp3) is 0.481. The third-order valence-corrected chi connectivity index (χ3v) is 7.44. The molecule has 0 bridgehead atoms. The molecule has 0 saturated carbocycles. The van der Waals surface area contributed by atoms with Crippen LogP contribution in [0.2, 0.25) is 5.02 Å². The van der Waals surface area contributed by atoms with Gasteiger partial charge in [0.2, 0.25) is 0 Å². The Morgan fingerprint density at radius 2 is 1.85 bits per heavy atom. The van der Waals surface area contributed by atoms with Gasteiger partial charge in [0.1, 0.15) is 0 Å². The molecule has 0 unspecified atom stereocenters. The number of fused-ring (bicyclic) bond motifs is 1. The molecule has 1 saturated heterocycles. The molecular weight excluding hydrogens is 448 g/mol. The molecule has 2 aromatic rings. The number of likely N-dealkylation sites (N-methyl/N-ethyl adjacent to an activating group) is 2. The number of piperidine rings is 1. The summed E-state index contributed by atoms with van der Waals surface area (Å²) in [5.41, 5.74) is 2.80. The van der Waals surface area contributed by atoms with Gasteiger partial charge >= 0.3 is 0 Å². The zero-order valence-corrected chi connectivity index (χ0v) is 21.2. The molecule has 34 heavy (non-hydrogen) atoms. The van der Waals surface area contributed by atoms with Crippen molar-refractivity contribution in [2.45, 2.75) is 26.3 Å². The monoisotopic (exact) mass is 482 g/mol. The van der Waals surface area contributed by atoms with Gasteiger partial charge in [-0.05, 0) is 82.7 Å². The number of nitrogens with zero attached hydrogens (tertiary/aromatic N) is 4. The van der Waals surface area contributed by atoms with E-state index in [9.17, 15) is 9.59 Å². The minimum atomic E-state index is -0.118. The van der Waals surface area contributed by atoms with Crippen molar-refractivity contribution in [3.05, 3.63) is 64.2 Å². The average Bonchev–Trinajstić information content (AvgIpc) is 3.18. The van der Waals surface area contributed by atoms with E-state index in [1.807, 2.05) is 48.2 Å². The van der Waals surface area contributed by atoms with Gasteiger partial charge in [-0.25, -0.2) is 0 Å². The Morgan fingerprint density at radius 1 is 1.12 bits per heavy atom. The van der Waals surface area contributed by atoms with E-state index in [2.05, 4.69) is 23.9 Å². The summed E-state index contributed by atoms with van der Waals surface area (Å²) in [5, 5.41) is 0.471. The van der Waals surface area contributed by atoms with Crippen molar-refractivity contribution in [1.29, 1.82) is 0 Å². The van der Waals surface area contributed by atoms with Gasteiger partial charge in [0, 0.05) is 37.4 Å². The number of amides is 2. The van der Waals surface area contributed by atoms with Gasteiger partial charge in [-0.1, -0.05) is 29.8 Å². The Morgan fingerprint density at radius 3 is 2.56 bits per heavy atom. The van der Waals surface area contributed by atoms with Gasteiger partial charge in [0.05, 0.1) is 17.1 Å². The highest BCUT2D eigenvalue weighted by atomic mass is 35.5. The van der Waals surface area contributed by atoms with Crippen molar-refractivity contribution >= 4 is 29.1 Å². The summed E-state index contributed by atoms with van der Waals surface area (Å²) in [6, 6.07) is 12.9. The van der Waals surface area contributed by atoms with Gasteiger partial charge in [-0.15, -0.1) is 0 Å². The van der Waals surface area contributed by atoms with Crippen molar-refractivity contribution in [2.75, 3.05) is 58.3 Å². The molecule has 4 rings (SSSR count). The summed E-state index contributed by atoms with van der Waals surface area (Å²) in [4.78, 5) is 34.6. The van der Waals surface area contributed by atoms with E-state index < -0.39 is 0 Å². The highest BCUT2D eigenvalue weighted by Crippen LogP contribution is 2.33. The Kier molecular flexibility index (Phi) is 7.91. The van der Waals surface area contributed by atoms with Gasteiger partial charge < -0.3 is 19.6 Å². The van der Waals surface area contributed by atoms with Crippen LogP contribution in [-0.4, -0.2) is 79.9 Å². The predicted octanol–water partition coefficient (Wildman–Crippen LogP) is 4.24. The number of carbonyl (C=O) groups is 2. The van der Waals surface area contributed by atoms with Crippen LogP contribution in [0.3, 0.4) is 0 Å². The minimum absolute atomic E-state index is 0.000710. The highest BCUT2D eigenvalue weighted by molar-refractivity contribution is 6.35. The number of rotatable bonds is 8. The first-order chi connectivity index (χ1) is 16.4. The average molecular weight is 483 g/mol. The lowest BCUT2D eigenvalue weighted by Gasteiger charge is -2.32. The summed E-state index contributed by atoms with van der Waals surface area (Å²) < 4.78 is 0. The predicted molar refractivity (Wildman–Crippen MR) is 138 cm³/mol. The van der Waals surface area contributed by atoms with Gasteiger partial charge in [-0.3, -0.25) is 9.59 Å². The normalized spacial score (nSPS) is 16.9. The standard InChI is InChI=1S/C27H35ClN4O2/c1-4-31(16-15-30(3)18-20-11-13-29(2)14-12-20)26(33)21-7-5-9-23(17-21)32-19-22-8-6-10-24(28)25(22)27(32)34/h5-10,17,20H,4,11-16,18-19H2,1-3H3. The second kappa shape index (κ2) is 10.9. The summed E-state index contributed by atoms with van der Waals surface area (Å²) in [6.45, 7) is 8.09. The molecule has 0 aliphatic carbocycles. The summed E-state index contributed by atoms with van der Waals surface area (Å²) in [6.07, 6.45) is 2.49. The molecule has 0 spiro atoms. The molecule has 6 nitrogen and oxygen atoms in total. The topological polar surface area (TPSA) is 47.1 Å². The van der Waals surface area contributed by atoms with Crippen molar-refractivity contribution in [3.63, 3.8) is 0 Å². The molecular formula is C27H35ClN4O2. The van der Waals surface area contributed by atoms with Crippen molar-refractivity contribution in [3.8, 4) is 0 Å². The largest absolute Gasteiger partial charge is 0.338 e. The smallest absolute Gasteiger partial charge is 0.260 e. The van der Waals surface area contributed by atoms with Crippen LogP contribution in [0.5, 0.6) is 0 Å². The third-order valence-electron chi connectivity index (χ3n) is 7.12. The van der Waals surface area contributed by atoms with Gasteiger partial charge in [-0.2, -0.15) is 0 Å². The number of likely N-dealkylation sites (tertiary alicyclic amines) is 1. The van der Waals surface area contributed by atoms with Crippen molar-refractivity contribution in [1.82, 2.24) is 14.7 Å². The number of benzene rings is 2. The van der Waals surface area contributed by atoms with Gasteiger partial charge in [0.15, 0.2) is 0 Å². The van der Waals surface area contributed by atoms with E-state index in [0.29, 0.717) is 35.8 Å². The van der Waals surface area contributed by atoms with Gasteiger partial charge in [0.25, 0.3) is 11.8 Å². The Balaban J connectivity index is 1.38.